The van der Waals surface area contributed by atoms with E-state index in [-0.39, 0.29) is 9.48 Å². The molecule has 0 aromatic carbocycles. The first-order chi connectivity index (χ1) is 6.56. The van der Waals surface area contributed by atoms with E-state index < -0.39 is 21.5 Å². The maximum absolute atomic E-state index is 10.5. The summed E-state index contributed by atoms with van der Waals surface area (Å²) in [6.07, 6.45) is 1.71. The van der Waals surface area contributed by atoms with Crippen molar-refractivity contribution in [3.63, 3.8) is 0 Å². The van der Waals surface area contributed by atoms with E-state index in [4.69, 9.17) is 16.8 Å². The molecule has 0 radical (unpaired) electrons. The molecule has 0 aromatic rings. The molecule has 0 amide bonds. The molecule has 0 saturated heterocycles. The van der Waals surface area contributed by atoms with Crippen molar-refractivity contribution in [1.82, 2.24) is 13.9 Å². The topological polar surface area (TPSA) is 61.8 Å². The summed E-state index contributed by atoms with van der Waals surface area (Å²) in [6, 6.07) is -0.00106. The minimum absolute atomic E-state index is 0.00106. The van der Waals surface area contributed by atoms with Gasteiger partial charge in [-0.3, -0.25) is 0 Å². The second-order valence-corrected chi connectivity index (χ2v) is 5.53. The second-order valence-electron chi connectivity index (χ2n) is 2.70. The Balaban J connectivity index is 2.73. The number of rotatable bonds is 4. The predicted molar refractivity (Wildman–Crippen MR) is 49.4 cm³/mol. The van der Waals surface area contributed by atoms with Crippen LogP contribution >= 0.6 is 11.6 Å². The fourth-order valence-electron chi connectivity index (χ4n) is 1.10. The Morgan fingerprint density at radius 1 is 1.93 bits per heavy atom. The van der Waals surface area contributed by atoms with Crippen LogP contribution in [0.3, 0.4) is 0 Å². The van der Waals surface area contributed by atoms with E-state index in [2.05, 4.69) is 12.0 Å². The van der Waals surface area contributed by atoms with Crippen LogP contribution in [-0.4, -0.2) is 26.2 Å². The van der Waals surface area contributed by atoms with E-state index >= 15 is 0 Å². The van der Waals surface area contributed by atoms with Crippen molar-refractivity contribution >= 4 is 11.6 Å². The first kappa shape index (κ1) is 12.2. The molecule has 1 aliphatic heterocycles. The van der Waals surface area contributed by atoms with E-state index in [0.29, 0.717) is 11.7 Å². The fourth-order valence-corrected chi connectivity index (χ4v) is 3.09. The number of halogens is 2. The Hall–Kier alpha value is 0.140. The molecule has 1 rings (SSSR count). The van der Waals surface area contributed by atoms with Crippen LogP contribution in [0.15, 0.2) is 21.4 Å². The molecule has 1 heterocycles. The second kappa shape index (κ2) is 5.29. The van der Waals surface area contributed by atoms with Gasteiger partial charge < -0.3 is 0 Å². The van der Waals surface area contributed by atoms with Crippen LogP contribution in [-0.2, 0) is 0 Å². The summed E-state index contributed by atoms with van der Waals surface area (Å²) < 4.78 is 0.761. The molecule has 0 aromatic heterocycles. The van der Waals surface area contributed by atoms with Gasteiger partial charge in [-0.25, -0.2) is 0 Å². The summed E-state index contributed by atoms with van der Waals surface area (Å²) in [6.45, 7) is 6.06. The van der Waals surface area contributed by atoms with E-state index in [9.17, 15) is 5.21 Å². The first-order valence-electron chi connectivity index (χ1n) is 3.91. The molecule has 82 valence electrons. The zero-order chi connectivity index (χ0) is 10.7. The third-order valence-corrected chi connectivity index (χ3v) is 4.74. The molecule has 7 heteroatoms. The van der Waals surface area contributed by atoms with Crippen molar-refractivity contribution in [2.24, 2.45) is 0 Å². The quantitative estimate of drug-likeness (QED) is 0.205. The van der Waals surface area contributed by atoms with Gasteiger partial charge in [-0.1, -0.05) is 0 Å². The van der Waals surface area contributed by atoms with E-state index in [1.165, 1.54) is 0 Å². The van der Waals surface area contributed by atoms with Gasteiger partial charge in [0.25, 0.3) is 0 Å². The third-order valence-electron chi connectivity index (χ3n) is 1.64. The van der Waals surface area contributed by atoms with Crippen LogP contribution in [0.2, 0.25) is 0 Å². The van der Waals surface area contributed by atoms with Crippen molar-refractivity contribution in [2.45, 2.75) is 13.0 Å². The minimum atomic E-state index is -1.11. The van der Waals surface area contributed by atoms with Gasteiger partial charge in [-0.15, -0.1) is 0 Å². The Labute approximate surface area is 98.1 Å². The van der Waals surface area contributed by atoms with Gasteiger partial charge in [-0.05, 0) is 0 Å². The number of hydrogen-bond acceptors (Lipinski definition) is 5. The summed E-state index contributed by atoms with van der Waals surface area (Å²) in [5, 5.41) is 21.4. The van der Waals surface area contributed by atoms with Gasteiger partial charge in [0.05, 0.1) is 0 Å². The summed E-state index contributed by atoms with van der Waals surface area (Å²) in [5.41, 5.74) is 3.07. The molecule has 0 bridgehead atoms. The van der Waals surface area contributed by atoms with Crippen LogP contribution in [0, 0.1) is 5.21 Å². The molecule has 0 saturated carbocycles. The molecule has 1 atom stereocenters. The fraction of sp³-hybridized carbons (Fsp3) is 0.429. The van der Waals surface area contributed by atoms with Gasteiger partial charge in [0, 0.05) is 0 Å². The molecule has 5 nitrogen and oxygen atoms in total. The predicted octanol–water partition coefficient (Wildman–Crippen LogP) is -2.02. The zero-order valence-corrected chi connectivity index (χ0v) is 10.5. The number of hydrogen-bond donors (Lipinski definition) is 2. The summed E-state index contributed by atoms with van der Waals surface area (Å²) in [5.74, 6) is 0. The summed E-state index contributed by atoms with van der Waals surface area (Å²) in [7, 11) is 0. The van der Waals surface area contributed by atoms with Crippen LogP contribution in [0.5, 0.6) is 0 Å². The van der Waals surface area contributed by atoms with Crippen molar-refractivity contribution in [3.05, 3.63) is 26.6 Å². The maximum atomic E-state index is 10.5. The normalized spacial score (nSPS) is 22.6. The third kappa shape index (κ3) is 2.81. The molecular weight excluding hydrogens is 320 g/mol. The number of nitrogens with zero attached hydrogens (tertiary/aromatic N) is 2. The zero-order valence-electron chi connectivity index (χ0n) is 7.57. The molecule has 0 spiro atoms. The molecule has 14 heavy (non-hydrogen) atoms. The average molecular weight is 332 g/mol. The number of nitrogens with one attached hydrogen (secondary N) is 1. The Morgan fingerprint density at radius 2 is 2.57 bits per heavy atom. The first-order valence-corrected chi connectivity index (χ1v) is 6.34. The van der Waals surface area contributed by atoms with Gasteiger partial charge >= 0.3 is 98.3 Å². The Kier molecular flexibility index (Phi) is 4.61. The molecular formula is C7H11ClIN3O2-2. The SMILES string of the molecule is C=CCN1NC(C)C([I-]N([O-])O)=C1Cl. The van der Waals surface area contributed by atoms with Crippen LogP contribution in [0.25, 0.3) is 0 Å². The Morgan fingerprint density at radius 3 is 3.07 bits per heavy atom. The molecule has 2 N–H and O–H groups in total. The van der Waals surface area contributed by atoms with E-state index in [0.717, 1.165) is 3.58 Å². The van der Waals surface area contributed by atoms with Crippen LogP contribution in [0.4, 0.5) is 0 Å². The van der Waals surface area contributed by atoms with Crippen LogP contribution in [0.1, 0.15) is 6.92 Å². The molecule has 1 aliphatic rings. The Bertz CT molecular complexity index is 259. The molecule has 1 unspecified atom stereocenters. The monoisotopic (exact) mass is 331 g/mol. The molecule has 0 fully saturated rings. The van der Waals surface area contributed by atoms with Crippen molar-refractivity contribution in [3.8, 4) is 0 Å². The van der Waals surface area contributed by atoms with Gasteiger partial charge in [-0.2, -0.15) is 0 Å². The van der Waals surface area contributed by atoms with Gasteiger partial charge in [0.15, 0.2) is 0 Å². The van der Waals surface area contributed by atoms with Crippen molar-refractivity contribution in [1.29, 1.82) is 0 Å². The van der Waals surface area contributed by atoms with Crippen molar-refractivity contribution in [2.75, 3.05) is 6.54 Å². The summed E-state index contributed by atoms with van der Waals surface area (Å²) in [4.78, 5) is 0. The van der Waals surface area contributed by atoms with Crippen LogP contribution < -0.4 is 26.9 Å². The van der Waals surface area contributed by atoms with Crippen molar-refractivity contribution < 1.29 is 26.7 Å². The number of hydrazine groups is 1. The van der Waals surface area contributed by atoms with E-state index in [1.54, 1.807) is 11.1 Å². The van der Waals surface area contributed by atoms with Gasteiger partial charge in [0.2, 0.25) is 0 Å². The standard InChI is InChI=1S/C7H11ClIN3O2/c1-3-4-11-7(8)6(5(2)10-11)9-12(13)14/h3,5,10,13H,1,4H2,2H3/q-2. The van der Waals surface area contributed by atoms with Gasteiger partial charge in [0.1, 0.15) is 0 Å². The van der Waals surface area contributed by atoms with E-state index in [1.807, 2.05) is 6.92 Å². The molecule has 0 aliphatic carbocycles. The summed E-state index contributed by atoms with van der Waals surface area (Å²) >= 11 is 4.89. The average Bonchev–Trinajstić information content (AvgIpc) is 2.33.